The van der Waals surface area contributed by atoms with Gasteiger partial charge in [-0.2, -0.15) is 0 Å². The fraction of sp³-hybridized carbons (Fsp3) is 0.900. The molecule has 2 heterocycles. The molecule has 0 bridgehead atoms. The van der Waals surface area contributed by atoms with Gasteiger partial charge < -0.3 is 20.3 Å². The molecule has 0 saturated carbocycles. The Labute approximate surface area is 88.5 Å². The molecule has 5 nitrogen and oxygen atoms in total. The van der Waals surface area contributed by atoms with Crippen molar-refractivity contribution >= 4 is 5.97 Å². The first kappa shape index (κ1) is 10.9. The van der Waals surface area contributed by atoms with Gasteiger partial charge in [-0.15, -0.1) is 0 Å². The molecule has 5 heteroatoms. The second-order valence-electron chi connectivity index (χ2n) is 4.53. The zero-order chi connectivity index (χ0) is 10.9. The lowest BCUT2D eigenvalue weighted by Gasteiger charge is -2.45. The van der Waals surface area contributed by atoms with Crippen LogP contribution in [0.2, 0.25) is 0 Å². The summed E-state index contributed by atoms with van der Waals surface area (Å²) >= 11 is 0. The third-order valence-electron chi connectivity index (χ3n) is 3.42. The molecule has 2 aliphatic rings. The molecule has 1 unspecified atom stereocenters. The Morgan fingerprint density at radius 2 is 1.87 bits per heavy atom. The molecule has 0 aromatic carbocycles. The zero-order valence-electron chi connectivity index (χ0n) is 8.70. The lowest BCUT2D eigenvalue weighted by Crippen LogP contribution is -2.59. The Hall–Kier alpha value is -0.650. The van der Waals surface area contributed by atoms with E-state index in [2.05, 4.69) is 0 Å². The van der Waals surface area contributed by atoms with Gasteiger partial charge in [-0.05, 0) is 19.3 Å². The summed E-state index contributed by atoms with van der Waals surface area (Å²) in [6, 6.07) is 0. The molecule has 0 aromatic rings. The molecule has 2 rings (SSSR count). The van der Waals surface area contributed by atoms with E-state index in [0.717, 1.165) is 12.8 Å². The minimum Gasteiger partial charge on any atom is -0.480 e. The van der Waals surface area contributed by atoms with Gasteiger partial charge in [0.1, 0.15) is 5.54 Å². The summed E-state index contributed by atoms with van der Waals surface area (Å²) in [7, 11) is 0. The van der Waals surface area contributed by atoms with Crippen molar-refractivity contribution < 1.29 is 19.4 Å². The summed E-state index contributed by atoms with van der Waals surface area (Å²) in [4.78, 5) is 11.1. The van der Waals surface area contributed by atoms with E-state index in [-0.39, 0.29) is 5.60 Å². The van der Waals surface area contributed by atoms with E-state index in [9.17, 15) is 4.79 Å². The van der Waals surface area contributed by atoms with Crippen LogP contribution in [0.25, 0.3) is 0 Å². The van der Waals surface area contributed by atoms with E-state index in [1.807, 2.05) is 0 Å². The lowest BCUT2D eigenvalue weighted by atomic mass is 9.76. The number of carboxylic acids is 1. The predicted octanol–water partition coefficient (Wildman–Crippen LogP) is 0.128. The van der Waals surface area contributed by atoms with E-state index in [4.69, 9.17) is 20.3 Å². The summed E-state index contributed by atoms with van der Waals surface area (Å²) in [5, 5.41) is 9.10. The SMILES string of the molecule is NC1(C(=O)O)CCOC2(CCOCC2)C1. The smallest absolute Gasteiger partial charge is 0.323 e. The second-order valence-corrected chi connectivity index (χ2v) is 4.53. The highest BCUT2D eigenvalue weighted by atomic mass is 16.5. The van der Waals surface area contributed by atoms with Crippen molar-refractivity contribution in [3.8, 4) is 0 Å². The van der Waals surface area contributed by atoms with Gasteiger partial charge in [-0.1, -0.05) is 0 Å². The number of hydrogen-bond donors (Lipinski definition) is 2. The molecular weight excluding hydrogens is 198 g/mol. The van der Waals surface area contributed by atoms with Crippen LogP contribution in [0, 0.1) is 0 Å². The van der Waals surface area contributed by atoms with E-state index in [1.165, 1.54) is 0 Å². The molecule has 2 saturated heterocycles. The van der Waals surface area contributed by atoms with Gasteiger partial charge in [0.2, 0.25) is 0 Å². The molecule has 1 spiro atoms. The number of rotatable bonds is 1. The highest BCUT2D eigenvalue weighted by Crippen LogP contribution is 2.38. The van der Waals surface area contributed by atoms with Crippen LogP contribution in [0.5, 0.6) is 0 Å². The van der Waals surface area contributed by atoms with Gasteiger partial charge in [0, 0.05) is 26.2 Å². The van der Waals surface area contributed by atoms with Gasteiger partial charge in [-0.25, -0.2) is 0 Å². The van der Waals surface area contributed by atoms with Crippen molar-refractivity contribution in [1.82, 2.24) is 0 Å². The number of ether oxygens (including phenoxy) is 2. The molecular formula is C10H17NO4. The highest BCUT2D eigenvalue weighted by molar-refractivity contribution is 5.78. The molecule has 0 aromatic heterocycles. The molecule has 3 N–H and O–H groups in total. The maximum Gasteiger partial charge on any atom is 0.323 e. The van der Waals surface area contributed by atoms with E-state index in [0.29, 0.717) is 32.7 Å². The normalized spacial score (nSPS) is 35.3. The van der Waals surface area contributed by atoms with Crippen LogP contribution in [0.3, 0.4) is 0 Å². The average Bonchev–Trinajstić information content (AvgIpc) is 2.18. The zero-order valence-corrected chi connectivity index (χ0v) is 8.70. The maximum absolute atomic E-state index is 11.1. The van der Waals surface area contributed by atoms with E-state index < -0.39 is 11.5 Å². The van der Waals surface area contributed by atoms with Gasteiger partial charge in [0.25, 0.3) is 0 Å². The van der Waals surface area contributed by atoms with Crippen LogP contribution in [-0.4, -0.2) is 42.0 Å². The first-order chi connectivity index (χ1) is 7.06. The monoisotopic (exact) mass is 215 g/mol. The minimum absolute atomic E-state index is 0.357. The van der Waals surface area contributed by atoms with E-state index in [1.54, 1.807) is 0 Å². The average molecular weight is 215 g/mol. The van der Waals surface area contributed by atoms with Crippen molar-refractivity contribution in [2.75, 3.05) is 19.8 Å². The van der Waals surface area contributed by atoms with Crippen LogP contribution in [-0.2, 0) is 14.3 Å². The fourth-order valence-electron chi connectivity index (χ4n) is 2.41. The first-order valence-corrected chi connectivity index (χ1v) is 5.30. The number of hydrogen-bond acceptors (Lipinski definition) is 4. The molecule has 0 aliphatic carbocycles. The van der Waals surface area contributed by atoms with Crippen LogP contribution in [0.1, 0.15) is 25.7 Å². The van der Waals surface area contributed by atoms with Gasteiger partial charge in [0.15, 0.2) is 0 Å². The Balaban J connectivity index is 2.11. The standard InChI is InChI=1S/C10H17NO4/c11-10(8(12)13)3-6-15-9(7-10)1-4-14-5-2-9/h1-7,11H2,(H,12,13). The highest BCUT2D eigenvalue weighted by Gasteiger charge is 2.48. The van der Waals surface area contributed by atoms with Crippen molar-refractivity contribution in [3.05, 3.63) is 0 Å². The van der Waals surface area contributed by atoms with Crippen molar-refractivity contribution in [2.45, 2.75) is 36.8 Å². The molecule has 1 atom stereocenters. The lowest BCUT2D eigenvalue weighted by molar-refractivity contribution is -0.172. The molecule has 86 valence electrons. The van der Waals surface area contributed by atoms with Crippen LogP contribution in [0.4, 0.5) is 0 Å². The number of nitrogens with two attached hydrogens (primary N) is 1. The maximum atomic E-state index is 11.1. The number of carboxylic acid groups (broad SMARTS) is 1. The van der Waals surface area contributed by atoms with Crippen molar-refractivity contribution in [1.29, 1.82) is 0 Å². The largest absolute Gasteiger partial charge is 0.480 e. The molecule has 0 amide bonds. The summed E-state index contributed by atoms with van der Waals surface area (Å²) < 4.78 is 11.0. The topological polar surface area (TPSA) is 81.8 Å². The molecule has 15 heavy (non-hydrogen) atoms. The van der Waals surface area contributed by atoms with Gasteiger partial charge in [-0.3, -0.25) is 4.79 Å². The minimum atomic E-state index is -1.12. The molecule has 0 radical (unpaired) electrons. The van der Waals surface area contributed by atoms with Crippen LogP contribution in [0.15, 0.2) is 0 Å². The second kappa shape index (κ2) is 3.73. The predicted molar refractivity (Wildman–Crippen MR) is 52.5 cm³/mol. The first-order valence-electron chi connectivity index (χ1n) is 5.30. The number of aliphatic carboxylic acids is 1. The molecule has 2 aliphatic heterocycles. The Bertz CT molecular complexity index is 257. The Morgan fingerprint density at radius 3 is 2.47 bits per heavy atom. The van der Waals surface area contributed by atoms with Gasteiger partial charge in [0.05, 0.1) is 5.60 Å². The third kappa shape index (κ3) is 2.00. The van der Waals surface area contributed by atoms with Crippen molar-refractivity contribution in [3.63, 3.8) is 0 Å². The third-order valence-corrected chi connectivity index (χ3v) is 3.42. The summed E-state index contributed by atoms with van der Waals surface area (Å²) in [5.41, 5.74) is 4.41. The van der Waals surface area contributed by atoms with Crippen LogP contribution >= 0.6 is 0 Å². The van der Waals surface area contributed by atoms with Crippen molar-refractivity contribution in [2.24, 2.45) is 5.73 Å². The molecule has 2 fully saturated rings. The van der Waals surface area contributed by atoms with Crippen LogP contribution < -0.4 is 5.73 Å². The summed E-state index contributed by atoms with van der Waals surface area (Å²) in [6.07, 6.45) is 2.29. The Kier molecular flexibility index (Phi) is 2.70. The number of carbonyl (C=O) groups is 1. The van der Waals surface area contributed by atoms with Gasteiger partial charge >= 0.3 is 5.97 Å². The summed E-state index contributed by atoms with van der Waals surface area (Å²) in [5.74, 6) is -0.920. The van der Waals surface area contributed by atoms with E-state index >= 15 is 0 Å². The summed E-state index contributed by atoms with van der Waals surface area (Å²) in [6.45, 7) is 1.70. The fourth-order valence-corrected chi connectivity index (χ4v) is 2.41. The quantitative estimate of drug-likeness (QED) is 0.649. The Morgan fingerprint density at radius 1 is 1.20 bits per heavy atom.